The van der Waals surface area contributed by atoms with Crippen LogP contribution in [0.15, 0.2) is 22.2 Å². The Kier molecular flexibility index (Phi) is 3.86. The zero-order valence-electron chi connectivity index (χ0n) is 12.0. The summed E-state index contributed by atoms with van der Waals surface area (Å²) in [7, 11) is 0. The Morgan fingerprint density at radius 3 is 2.95 bits per heavy atom. The van der Waals surface area contributed by atoms with E-state index in [-0.39, 0.29) is 23.5 Å². The van der Waals surface area contributed by atoms with Gasteiger partial charge in [-0.05, 0) is 17.9 Å². The van der Waals surface area contributed by atoms with Gasteiger partial charge in [0.05, 0.1) is 18.2 Å². The van der Waals surface area contributed by atoms with Gasteiger partial charge in [-0.2, -0.15) is 11.3 Å². The lowest BCUT2D eigenvalue weighted by Crippen LogP contribution is -2.61. The van der Waals surface area contributed by atoms with Crippen molar-refractivity contribution in [2.75, 3.05) is 0 Å². The maximum atomic E-state index is 12.1. The summed E-state index contributed by atoms with van der Waals surface area (Å²) in [6.45, 7) is 3.95. The smallest absolute Gasteiger partial charge is 0.226 e. The molecule has 2 N–H and O–H groups in total. The van der Waals surface area contributed by atoms with Gasteiger partial charge in [-0.3, -0.25) is 4.79 Å². The van der Waals surface area contributed by atoms with Crippen molar-refractivity contribution in [2.45, 2.75) is 38.8 Å². The number of thiazole rings is 1. The fourth-order valence-corrected chi connectivity index (χ4v) is 4.00. The second-order valence-electron chi connectivity index (χ2n) is 6.03. The molecular weight excluding hydrogens is 304 g/mol. The second kappa shape index (κ2) is 5.51. The minimum atomic E-state index is -0.327. The normalized spacial score (nSPS) is 23.6. The van der Waals surface area contributed by atoms with Gasteiger partial charge in [0.25, 0.3) is 0 Å². The van der Waals surface area contributed by atoms with Crippen molar-refractivity contribution in [1.29, 1.82) is 0 Å². The SMILES string of the molecule is CC1(C)C(O)CC1NC(=O)Cc1csc(-c2ccsc2)n1. The second-order valence-corrected chi connectivity index (χ2v) is 7.66. The summed E-state index contributed by atoms with van der Waals surface area (Å²) < 4.78 is 0. The summed E-state index contributed by atoms with van der Waals surface area (Å²) in [5.74, 6) is -0.0258. The number of rotatable bonds is 4. The van der Waals surface area contributed by atoms with E-state index in [2.05, 4.69) is 15.7 Å². The van der Waals surface area contributed by atoms with E-state index < -0.39 is 0 Å². The highest BCUT2D eigenvalue weighted by Gasteiger charge is 2.47. The van der Waals surface area contributed by atoms with Crippen LogP contribution >= 0.6 is 22.7 Å². The van der Waals surface area contributed by atoms with Gasteiger partial charge in [0.15, 0.2) is 0 Å². The van der Waals surface area contributed by atoms with Gasteiger partial charge in [0, 0.05) is 27.8 Å². The monoisotopic (exact) mass is 322 g/mol. The first-order chi connectivity index (χ1) is 9.96. The number of nitrogens with zero attached hydrogens (tertiary/aromatic N) is 1. The maximum Gasteiger partial charge on any atom is 0.226 e. The summed E-state index contributed by atoms with van der Waals surface area (Å²) in [5.41, 5.74) is 1.68. The lowest BCUT2D eigenvalue weighted by atomic mass is 9.64. The highest BCUT2D eigenvalue weighted by Crippen LogP contribution is 2.40. The molecule has 4 nitrogen and oxygen atoms in total. The number of carbonyl (C=O) groups excluding carboxylic acids is 1. The Morgan fingerprint density at radius 1 is 1.52 bits per heavy atom. The number of hydrogen-bond donors (Lipinski definition) is 2. The fraction of sp³-hybridized carbons (Fsp3) is 0.467. The van der Waals surface area contributed by atoms with Crippen LogP contribution in [0.25, 0.3) is 10.6 Å². The van der Waals surface area contributed by atoms with Crippen molar-refractivity contribution in [3.05, 3.63) is 27.9 Å². The molecule has 0 radical (unpaired) electrons. The van der Waals surface area contributed by atoms with E-state index in [9.17, 15) is 9.90 Å². The largest absolute Gasteiger partial charge is 0.392 e. The first-order valence-electron chi connectivity index (χ1n) is 6.91. The van der Waals surface area contributed by atoms with Crippen molar-refractivity contribution in [1.82, 2.24) is 10.3 Å². The molecule has 0 spiro atoms. The molecule has 1 saturated carbocycles. The van der Waals surface area contributed by atoms with Crippen LogP contribution in [0.3, 0.4) is 0 Å². The zero-order valence-corrected chi connectivity index (χ0v) is 13.6. The molecule has 112 valence electrons. The Labute approximate surface area is 131 Å². The molecular formula is C15H18N2O2S2. The summed E-state index contributed by atoms with van der Waals surface area (Å²) in [5, 5.41) is 19.7. The Morgan fingerprint density at radius 2 is 2.33 bits per heavy atom. The predicted octanol–water partition coefficient (Wildman–Crippen LogP) is 2.69. The lowest BCUT2D eigenvalue weighted by Gasteiger charge is -2.49. The van der Waals surface area contributed by atoms with Crippen LogP contribution in [-0.2, 0) is 11.2 Å². The molecule has 1 fully saturated rings. The molecule has 2 aromatic heterocycles. The fourth-order valence-electron chi connectivity index (χ4n) is 2.46. The van der Waals surface area contributed by atoms with Gasteiger partial charge in [-0.25, -0.2) is 4.98 Å². The van der Waals surface area contributed by atoms with Crippen LogP contribution in [0.4, 0.5) is 0 Å². The van der Waals surface area contributed by atoms with Crippen molar-refractivity contribution in [3.63, 3.8) is 0 Å². The number of nitrogens with one attached hydrogen (secondary N) is 1. The van der Waals surface area contributed by atoms with Crippen LogP contribution in [0, 0.1) is 5.41 Å². The van der Waals surface area contributed by atoms with E-state index in [1.165, 1.54) is 0 Å². The molecule has 6 heteroatoms. The molecule has 3 rings (SSSR count). The third-order valence-electron chi connectivity index (χ3n) is 4.21. The Hall–Kier alpha value is -1.24. The van der Waals surface area contributed by atoms with Crippen LogP contribution in [0.1, 0.15) is 26.0 Å². The number of hydrogen-bond acceptors (Lipinski definition) is 5. The number of aliphatic hydroxyl groups excluding tert-OH is 1. The van der Waals surface area contributed by atoms with E-state index >= 15 is 0 Å². The minimum absolute atomic E-state index is 0.0258. The van der Waals surface area contributed by atoms with Crippen molar-refractivity contribution < 1.29 is 9.90 Å². The van der Waals surface area contributed by atoms with Crippen LogP contribution in [-0.4, -0.2) is 28.1 Å². The van der Waals surface area contributed by atoms with Gasteiger partial charge in [0.1, 0.15) is 5.01 Å². The third-order valence-corrected chi connectivity index (χ3v) is 5.84. The summed E-state index contributed by atoms with van der Waals surface area (Å²) in [6, 6.07) is 2.08. The van der Waals surface area contributed by atoms with E-state index in [1.807, 2.05) is 30.7 Å². The number of aliphatic hydroxyl groups is 1. The molecule has 2 aromatic rings. The van der Waals surface area contributed by atoms with Crippen molar-refractivity contribution in [3.8, 4) is 10.6 Å². The Bertz CT molecular complexity index is 634. The number of carbonyl (C=O) groups is 1. The lowest BCUT2D eigenvalue weighted by molar-refractivity contribution is -0.128. The van der Waals surface area contributed by atoms with Crippen molar-refractivity contribution >= 4 is 28.6 Å². The van der Waals surface area contributed by atoms with E-state index in [0.717, 1.165) is 16.3 Å². The average Bonchev–Trinajstić information content (AvgIpc) is 3.08. The van der Waals surface area contributed by atoms with Gasteiger partial charge in [-0.15, -0.1) is 11.3 Å². The highest BCUT2D eigenvalue weighted by molar-refractivity contribution is 7.14. The molecule has 1 aliphatic carbocycles. The van der Waals surface area contributed by atoms with Gasteiger partial charge in [-0.1, -0.05) is 13.8 Å². The summed E-state index contributed by atoms with van der Waals surface area (Å²) in [4.78, 5) is 16.6. The number of aromatic nitrogens is 1. The third kappa shape index (κ3) is 2.88. The molecule has 0 saturated heterocycles. The minimum Gasteiger partial charge on any atom is -0.392 e. The zero-order chi connectivity index (χ0) is 15.0. The number of amides is 1. The molecule has 2 unspecified atom stereocenters. The first kappa shape index (κ1) is 14.7. The molecule has 21 heavy (non-hydrogen) atoms. The number of thiophene rings is 1. The summed E-state index contributed by atoms with van der Waals surface area (Å²) in [6.07, 6.45) is 0.603. The van der Waals surface area contributed by atoms with E-state index in [1.54, 1.807) is 22.7 Å². The predicted molar refractivity (Wildman–Crippen MR) is 85.5 cm³/mol. The molecule has 2 atom stereocenters. The maximum absolute atomic E-state index is 12.1. The van der Waals surface area contributed by atoms with Crippen LogP contribution in [0.2, 0.25) is 0 Å². The molecule has 0 bridgehead atoms. The van der Waals surface area contributed by atoms with Gasteiger partial charge in [0.2, 0.25) is 5.91 Å². The molecule has 0 aliphatic heterocycles. The first-order valence-corrected chi connectivity index (χ1v) is 8.73. The standard InChI is InChI=1S/C15H18N2O2S2/c1-15(2)11(6-12(15)18)17-13(19)5-10-8-21-14(16-10)9-3-4-20-7-9/h3-4,7-8,11-12,18H,5-6H2,1-2H3,(H,17,19). The molecule has 1 aliphatic rings. The highest BCUT2D eigenvalue weighted by atomic mass is 32.1. The van der Waals surface area contributed by atoms with Crippen LogP contribution in [0.5, 0.6) is 0 Å². The van der Waals surface area contributed by atoms with Gasteiger partial charge >= 0.3 is 0 Å². The van der Waals surface area contributed by atoms with Gasteiger partial charge < -0.3 is 10.4 Å². The Balaban J connectivity index is 1.59. The summed E-state index contributed by atoms with van der Waals surface area (Å²) >= 11 is 3.20. The van der Waals surface area contributed by atoms with E-state index in [4.69, 9.17) is 0 Å². The molecule has 0 aromatic carbocycles. The topological polar surface area (TPSA) is 62.2 Å². The van der Waals surface area contributed by atoms with Crippen molar-refractivity contribution in [2.24, 2.45) is 5.41 Å². The molecule has 2 heterocycles. The van der Waals surface area contributed by atoms with Crippen LogP contribution < -0.4 is 5.32 Å². The van der Waals surface area contributed by atoms with E-state index in [0.29, 0.717) is 12.8 Å². The molecule has 1 amide bonds. The average molecular weight is 322 g/mol. The quantitative estimate of drug-likeness (QED) is 0.910.